The molecular weight excluding hydrogens is 430 g/mol. The molecule has 0 aromatic carbocycles. The van der Waals surface area contributed by atoms with Gasteiger partial charge in [-0.25, -0.2) is 0 Å². The lowest BCUT2D eigenvalue weighted by atomic mass is 9.44. The Kier molecular flexibility index (Phi) is 6.23. The summed E-state index contributed by atoms with van der Waals surface area (Å²) in [5.41, 5.74) is 5.77. The summed E-state index contributed by atoms with van der Waals surface area (Å²) in [6, 6.07) is 0. The number of carbonyl (C=O) groups is 1. The molecule has 1 aromatic heterocycles. The van der Waals surface area contributed by atoms with Gasteiger partial charge in [-0.1, -0.05) is 13.8 Å². The maximum atomic E-state index is 13.4. The lowest BCUT2D eigenvalue weighted by molar-refractivity contribution is -0.164. The van der Waals surface area contributed by atoms with Gasteiger partial charge in [0.15, 0.2) is 5.78 Å². The second-order valence-corrected chi connectivity index (χ2v) is 12.6. The standard InChI is InChI=1S/C27H43N3O4/c1-25-10-11-27(33,16-34-3)12-18(25)4-5-19-20-6-7-22(26(20,2)9-8-21(19)25)23(31)15-30-14-17(13-29-30)24(28)32/h13-14,18-22,24,32-33H,4-12,15-16,28H2,1-3H3/t18-,19-,20-,21-,22+,24?,25-,26-,27+/m0/s1. The van der Waals surface area contributed by atoms with Crippen molar-refractivity contribution in [2.75, 3.05) is 13.7 Å². The first-order valence-electron chi connectivity index (χ1n) is 13.3. The minimum atomic E-state index is -1.06. The normalized spacial score (nSPS) is 44.7. The zero-order chi connectivity index (χ0) is 24.3. The molecule has 4 saturated carbocycles. The van der Waals surface area contributed by atoms with Crippen LogP contribution in [-0.2, 0) is 16.1 Å². The fourth-order valence-electron chi connectivity index (χ4n) is 9.14. The van der Waals surface area contributed by atoms with E-state index < -0.39 is 11.8 Å². The van der Waals surface area contributed by atoms with E-state index in [1.54, 1.807) is 24.2 Å². The van der Waals surface area contributed by atoms with Gasteiger partial charge in [0, 0.05) is 24.8 Å². The van der Waals surface area contributed by atoms with Gasteiger partial charge in [-0.3, -0.25) is 9.48 Å². The molecule has 5 rings (SSSR count). The molecule has 0 radical (unpaired) electrons. The highest BCUT2D eigenvalue weighted by atomic mass is 16.5. The first kappa shape index (κ1) is 24.4. The van der Waals surface area contributed by atoms with E-state index in [9.17, 15) is 15.0 Å². The number of nitrogens with two attached hydrogens (primary N) is 1. The Bertz CT molecular complexity index is 917. The number of hydrogen-bond acceptors (Lipinski definition) is 6. The molecule has 4 aliphatic carbocycles. The van der Waals surface area contributed by atoms with Gasteiger partial charge in [-0.15, -0.1) is 0 Å². The largest absolute Gasteiger partial charge is 0.387 e. The minimum Gasteiger partial charge on any atom is -0.387 e. The third-order valence-electron chi connectivity index (χ3n) is 10.9. The van der Waals surface area contributed by atoms with Crippen LogP contribution in [0.25, 0.3) is 0 Å². The number of rotatable bonds is 6. The molecule has 34 heavy (non-hydrogen) atoms. The summed E-state index contributed by atoms with van der Waals surface area (Å²) in [6.45, 7) is 5.59. The van der Waals surface area contributed by atoms with Crippen molar-refractivity contribution < 1.29 is 19.7 Å². The summed E-state index contributed by atoms with van der Waals surface area (Å²) in [7, 11) is 1.69. The molecular formula is C27H43N3O4. The molecule has 7 nitrogen and oxygen atoms in total. The van der Waals surface area contributed by atoms with Crippen LogP contribution in [0.3, 0.4) is 0 Å². The SMILES string of the molecule is COC[C@@]1(O)CC[C@@]2(C)[C@@H](CC[C@@H]3[C@@H]2CC[C@]2(C)[C@@H](C(=O)Cn4cc(C(N)O)cn4)CC[C@@H]32)C1. The molecule has 7 heteroatoms. The van der Waals surface area contributed by atoms with Crippen molar-refractivity contribution in [3.63, 3.8) is 0 Å². The predicted molar refractivity (Wildman–Crippen MR) is 128 cm³/mol. The van der Waals surface area contributed by atoms with Crippen molar-refractivity contribution in [1.82, 2.24) is 9.78 Å². The first-order chi connectivity index (χ1) is 16.1. The van der Waals surface area contributed by atoms with Gasteiger partial charge >= 0.3 is 0 Å². The van der Waals surface area contributed by atoms with Crippen LogP contribution in [0.15, 0.2) is 12.4 Å². The molecule has 0 spiro atoms. The number of ketones is 1. The molecule has 190 valence electrons. The second kappa shape index (κ2) is 8.68. The van der Waals surface area contributed by atoms with Gasteiger partial charge < -0.3 is 20.7 Å². The monoisotopic (exact) mass is 473 g/mol. The van der Waals surface area contributed by atoms with Crippen LogP contribution < -0.4 is 5.73 Å². The van der Waals surface area contributed by atoms with E-state index in [1.165, 1.54) is 19.3 Å². The Morgan fingerprint density at radius 2 is 1.94 bits per heavy atom. The second-order valence-electron chi connectivity index (χ2n) is 12.6. The topological polar surface area (TPSA) is 111 Å². The molecule has 9 atom stereocenters. The number of ether oxygens (including phenoxy) is 1. The molecule has 1 heterocycles. The molecule has 0 amide bonds. The van der Waals surface area contributed by atoms with Gasteiger partial charge in [-0.05, 0) is 92.3 Å². The molecule has 0 aliphatic heterocycles. The maximum absolute atomic E-state index is 13.4. The molecule has 1 aromatic rings. The number of Topliss-reactive ketones (excluding diaryl/α,β-unsaturated/α-hetero) is 1. The van der Waals surface area contributed by atoms with Crippen molar-refractivity contribution in [2.24, 2.45) is 46.2 Å². The predicted octanol–water partition coefficient (Wildman–Crippen LogP) is 3.44. The van der Waals surface area contributed by atoms with Crippen molar-refractivity contribution in [2.45, 2.75) is 90.0 Å². The molecule has 4 fully saturated rings. The Labute approximate surface area is 203 Å². The van der Waals surface area contributed by atoms with E-state index in [0.717, 1.165) is 38.5 Å². The van der Waals surface area contributed by atoms with E-state index in [4.69, 9.17) is 10.5 Å². The number of nitrogens with zero attached hydrogens (tertiary/aromatic N) is 2. The van der Waals surface area contributed by atoms with Gasteiger partial charge in [0.1, 0.15) is 6.23 Å². The Morgan fingerprint density at radius 1 is 1.18 bits per heavy atom. The Hall–Kier alpha value is -1.28. The summed E-state index contributed by atoms with van der Waals surface area (Å²) < 4.78 is 6.99. The van der Waals surface area contributed by atoms with E-state index in [1.807, 2.05) is 0 Å². The van der Waals surface area contributed by atoms with Crippen LogP contribution in [-0.4, -0.2) is 45.1 Å². The van der Waals surface area contributed by atoms with Crippen LogP contribution in [0.2, 0.25) is 0 Å². The highest BCUT2D eigenvalue weighted by molar-refractivity contribution is 5.82. The van der Waals surface area contributed by atoms with Crippen LogP contribution >= 0.6 is 0 Å². The summed E-state index contributed by atoms with van der Waals surface area (Å²) >= 11 is 0. The number of carbonyl (C=O) groups excluding carboxylic acids is 1. The average Bonchev–Trinajstić information content (AvgIpc) is 3.38. The number of aliphatic hydroxyl groups is 2. The number of fused-ring (bicyclic) bond motifs is 5. The summed E-state index contributed by atoms with van der Waals surface area (Å²) in [5, 5.41) is 24.9. The summed E-state index contributed by atoms with van der Waals surface area (Å²) in [6.07, 6.45) is 11.8. The van der Waals surface area contributed by atoms with Gasteiger partial charge in [0.25, 0.3) is 0 Å². The van der Waals surface area contributed by atoms with Crippen molar-refractivity contribution in [3.8, 4) is 0 Å². The number of aromatic nitrogens is 2. The van der Waals surface area contributed by atoms with Crippen molar-refractivity contribution in [3.05, 3.63) is 18.0 Å². The zero-order valence-corrected chi connectivity index (χ0v) is 21.1. The molecule has 0 saturated heterocycles. The fraction of sp³-hybridized carbons (Fsp3) is 0.852. The Morgan fingerprint density at radius 3 is 2.65 bits per heavy atom. The lowest BCUT2D eigenvalue weighted by Gasteiger charge is -2.62. The van der Waals surface area contributed by atoms with E-state index in [0.29, 0.717) is 41.3 Å². The average molecular weight is 474 g/mol. The zero-order valence-electron chi connectivity index (χ0n) is 21.1. The third kappa shape index (κ3) is 3.87. The number of aliphatic hydroxyl groups excluding tert-OH is 1. The van der Waals surface area contributed by atoms with E-state index >= 15 is 0 Å². The van der Waals surface area contributed by atoms with Crippen molar-refractivity contribution in [1.29, 1.82) is 0 Å². The number of hydrogen-bond donors (Lipinski definition) is 3. The van der Waals surface area contributed by atoms with Crippen molar-refractivity contribution >= 4 is 5.78 Å². The van der Waals surface area contributed by atoms with Crippen LogP contribution in [0.4, 0.5) is 0 Å². The molecule has 4 aliphatic rings. The van der Waals surface area contributed by atoms with Crippen LogP contribution in [0, 0.1) is 40.4 Å². The quantitative estimate of drug-likeness (QED) is 0.546. The highest BCUT2D eigenvalue weighted by Crippen LogP contribution is 2.68. The van der Waals surface area contributed by atoms with Gasteiger partial charge in [0.05, 0.1) is 24.9 Å². The Balaban J connectivity index is 1.30. The highest BCUT2D eigenvalue weighted by Gasteiger charge is 2.62. The van der Waals surface area contributed by atoms with Crippen LogP contribution in [0.5, 0.6) is 0 Å². The van der Waals surface area contributed by atoms with Gasteiger partial charge in [-0.2, -0.15) is 5.10 Å². The van der Waals surface area contributed by atoms with Gasteiger partial charge in [0.2, 0.25) is 0 Å². The third-order valence-corrected chi connectivity index (χ3v) is 10.9. The smallest absolute Gasteiger partial charge is 0.157 e. The molecule has 4 N–H and O–H groups in total. The molecule has 1 unspecified atom stereocenters. The van der Waals surface area contributed by atoms with E-state index in [-0.39, 0.29) is 23.7 Å². The summed E-state index contributed by atoms with van der Waals surface area (Å²) in [4.78, 5) is 13.4. The lowest BCUT2D eigenvalue weighted by Crippen LogP contribution is -2.56. The fourth-order valence-corrected chi connectivity index (χ4v) is 9.14. The molecule has 0 bridgehead atoms. The van der Waals surface area contributed by atoms with Crippen LogP contribution in [0.1, 0.15) is 83.4 Å². The van der Waals surface area contributed by atoms with E-state index in [2.05, 4.69) is 18.9 Å². The number of methoxy groups -OCH3 is 1. The maximum Gasteiger partial charge on any atom is 0.157 e. The minimum absolute atomic E-state index is 0.0657. The first-order valence-corrected chi connectivity index (χ1v) is 13.3. The summed E-state index contributed by atoms with van der Waals surface area (Å²) in [5.74, 6) is 2.92.